The Bertz CT molecular complexity index is 725. The molecule has 1 aliphatic rings. The molecule has 3 rings (SSSR count). The van der Waals surface area contributed by atoms with E-state index in [1.54, 1.807) is 0 Å². The third kappa shape index (κ3) is 2.91. The number of fused-ring (bicyclic) bond motifs is 1. The highest BCUT2D eigenvalue weighted by molar-refractivity contribution is 5.93. The Morgan fingerprint density at radius 2 is 2.36 bits per heavy atom. The normalized spacial score (nSPS) is 15.3. The molecule has 2 aromatic rings. The van der Waals surface area contributed by atoms with Crippen molar-refractivity contribution in [2.45, 2.75) is 32.2 Å². The van der Waals surface area contributed by atoms with E-state index in [1.807, 2.05) is 31.3 Å². The van der Waals surface area contributed by atoms with Gasteiger partial charge in [0.2, 0.25) is 5.91 Å². The van der Waals surface area contributed by atoms with Gasteiger partial charge in [0.05, 0.1) is 19.1 Å². The van der Waals surface area contributed by atoms with Crippen LogP contribution in [0.15, 0.2) is 24.4 Å². The van der Waals surface area contributed by atoms with Gasteiger partial charge in [0.15, 0.2) is 0 Å². The summed E-state index contributed by atoms with van der Waals surface area (Å²) in [6, 6.07) is 7.61. The second-order valence-corrected chi connectivity index (χ2v) is 5.61. The van der Waals surface area contributed by atoms with Gasteiger partial charge in [-0.05, 0) is 43.4 Å². The number of ether oxygens (including phenoxy) is 1. The minimum Gasteiger partial charge on any atom is -0.493 e. The van der Waals surface area contributed by atoms with Gasteiger partial charge < -0.3 is 15.0 Å². The molecule has 0 aliphatic heterocycles. The number of amides is 1. The van der Waals surface area contributed by atoms with Crippen molar-refractivity contribution >= 4 is 16.8 Å². The SMILES string of the molecule is CCOc1cccc2[nH]cc(CC(=O)N[C@H](C#N)C3CC3)c12. The fourth-order valence-corrected chi connectivity index (χ4v) is 2.72. The third-order valence-corrected chi connectivity index (χ3v) is 3.95. The molecule has 0 spiro atoms. The van der Waals surface area contributed by atoms with E-state index in [0.717, 1.165) is 35.1 Å². The number of H-pyrrole nitrogens is 1. The number of hydrogen-bond donors (Lipinski definition) is 2. The van der Waals surface area contributed by atoms with Crippen molar-refractivity contribution in [3.63, 3.8) is 0 Å². The second kappa shape index (κ2) is 6.10. The summed E-state index contributed by atoms with van der Waals surface area (Å²) in [6.07, 6.45) is 4.14. The van der Waals surface area contributed by atoms with Gasteiger partial charge in [-0.1, -0.05) is 6.07 Å². The second-order valence-electron chi connectivity index (χ2n) is 5.61. The highest BCUT2D eigenvalue weighted by atomic mass is 16.5. The van der Waals surface area contributed by atoms with Crippen molar-refractivity contribution in [2.24, 2.45) is 5.92 Å². The minimum atomic E-state index is -0.357. The highest BCUT2D eigenvalue weighted by Crippen LogP contribution is 2.32. The van der Waals surface area contributed by atoms with Gasteiger partial charge in [-0.15, -0.1) is 0 Å². The third-order valence-electron chi connectivity index (χ3n) is 3.95. The van der Waals surface area contributed by atoms with Crippen LogP contribution in [0.4, 0.5) is 0 Å². The first-order valence-corrected chi connectivity index (χ1v) is 7.63. The summed E-state index contributed by atoms with van der Waals surface area (Å²) in [6.45, 7) is 2.51. The van der Waals surface area contributed by atoms with E-state index in [4.69, 9.17) is 10.00 Å². The van der Waals surface area contributed by atoms with Crippen LogP contribution in [0.25, 0.3) is 10.9 Å². The summed E-state index contributed by atoms with van der Waals surface area (Å²) in [5.74, 6) is 0.990. The fraction of sp³-hybridized carbons (Fsp3) is 0.412. The first-order valence-electron chi connectivity index (χ1n) is 7.63. The Morgan fingerprint density at radius 3 is 3.05 bits per heavy atom. The first kappa shape index (κ1) is 14.5. The average molecular weight is 297 g/mol. The van der Waals surface area contributed by atoms with Crippen LogP contribution in [-0.2, 0) is 11.2 Å². The molecule has 1 fully saturated rings. The number of aromatic amines is 1. The molecule has 1 aromatic heterocycles. The van der Waals surface area contributed by atoms with Crippen molar-refractivity contribution in [2.75, 3.05) is 6.61 Å². The molecule has 1 atom stereocenters. The maximum Gasteiger partial charge on any atom is 0.225 e. The number of benzene rings is 1. The lowest BCUT2D eigenvalue weighted by Crippen LogP contribution is -2.36. The molecule has 1 aliphatic carbocycles. The van der Waals surface area contributed by atoms with Crippen molar-refractivity contribution in [3.8, 4) is 11.8 Å². The van der Waals surface area contributed by atoms with E-state index < -0.39 is 0 Å². The summed E-state index contributed by atoms with van der Waals surface area (Å²) in [7, 11) is 0. The van der Waals surface area contributed by atoms with Crippen LogP contribution < -0.4 is 10.1 Å². The Hall–Kier alpha value is -2.48. The summed E-state index contributed by atoms with van der Waals surface area (Å²) < 4.78 is 5.65. The number of hydrogen-bond acceptors (Lipinski definition) is 3. The van der Waals surface area contributed by atoms with Crippen LogP contribution in [0, 0.1) is 17.2 Å². The van der Waals surface area contributed by atoms with E-state index in [2.05, 4.69) is 16.4 Å². The van der Waals surface area contributed by atoms with Gasteiger partial charge in [-0.2, -0.15) is 5.26 Å². The van der Waals surface area contributed by atoms with E-state index >= 15 is 0 Å². The van der Waals surface area contributed by atoms with Crippen LogP contribution in [0.3, 0.4) is 0 Å². The molecule has 0 saturated heterocycles. The van der Waals surface area contributed by atoms with Gasteiger partial charge in [0.1, 0.15) is 11.8 Å². The van der Waals surface area contributed by atoms with Gasteiger partial charge in [0.25, 0.3) is 0 Å². The van der Waals surface area contributed by atoms with Crippen LogP contribution in [0.2, 0.25) is 0 Å². The standard InChI is InChI=1S/C17H19N3O2/c1-2-22-15-5-3-4-13-17(15)12(10-19-13)8-16(21)20-14(9-18)11-6-7-11/h3-5,10-11,14,19H,2,6-8H2,1H3,(H,20,21)/t14-/m1/s1. The molecule has 1 amide bonds. The van der Waals surface area contributed by atoms with E-state index in [-0.39, 0.29) is 18.4 Å². The average Bonchev–Trinajstić information content (AvgIpc) is 3.28. The maximum absolute atomic E-state index is 12.2. The molecule has 0 bridgehead atoms. The van der Waals surface area contributed by atoms with Crippen molar-refractivity contribution in [3.05, 3.63) is 30.0 Å². The Balaban J connectivity index is 1.78. The molecule has 22 heavy (non-hydrogen) atoms. The molecule has 0 radical (unpaired) electrons. The zero-order valence-electron chi connectivity index (χ0n) is 12.6. The number of nitrogens with one attached hydrogen (secondary N) is 2. The number of aromatic nitrogens is 1. The molecule has 1 heterocycles. The lowest BCUT2D eigenvalue weighted by Gasteiger charge is -2.11. The van der Waals surface area contributed by atoms with E-state index in [9.17, 15) is 4.79 Å². The van der Waals surface area contributed by atoms with Crippen LogP contribution >= 0.6 is 0 Å². The number of carbonyl (C=O) groups excluding carboxylic acids is 1. The Labute approximate surface area is 129 Å². The topological polar surface area (TPSA) is 77.9 Å². The van der Waals surface area contributed by atoms with Crippen LogP contribution in [0.1, 0.15) is 25.3 Å². The molecule has 1 saturated carbocycles. The summed E-state index contributed by atoms with van der Waals surface area (Å²) in [4.78, 5) is 15.4. The van der Waals surface area contributed by atoms with Crippen molar-refractivity contribution in [1.82, 2.24) is 10.3 Å². The van der Waals surface area contributed by atoms with Crippen LogP contribution in [-0.4, -0.2) is 23.5 Å². The predicted molar refractivity (Wildman–Crippen MR) is 83.4 cm³/mol. The molecule has 0 unspecified atom stereocenters. The number of rotatable bonds is 6. The summed E-state index contributed by atoms with van der Waals surface area (Å²) in [5.41, 5.74) is 1.84. The molecular weight excluding hydrogens is 278 g/mol. The molecule has 114 valence electrons. The highest BCUT2D eigenvalue weighted by Gasteiger charge is 2.32. The maximum atomic E-state index is 12.2. The molecule has 5 nitrogen and oxygen atoms in total. The molecule has 2 N–H and O–H groups in total. The monoisotopic (exact) mass is 297 g/mol. The summed E-state index contributed by atoms with van der Waals surface area (Å²) in [5, 5.41) is 12.9. The zero-order chi connectivity index (χ0) is 15.5. The largest absolute Gasteiger partial charge is 0.493 e. The molecule has 1 aromatic carbocycles. The van der Waals surface area contributed by atoms with Crippen molar-refractivity contribution in [1.29, 1.82) is 5.26 Å². The van der Waals surface area contributed by atoms with Gasteiger partial charge in [-0.3, -0.25) is 4.79 Å². The summed E-state index contributed by atoms with van der Waals surface area (Å²) >= 11 is 0. The molecule has 5 heteroatoms. The first-order chi connectivity index (χ1) is 10.7. The van der Waals surface area contributed by atoms with Crippen molar-refractivity contribution < 1.29 is 9.53 Å². The number of nitrogens with zero attached hydrogens (tertiary/aromatic N) is 1. The lowest BCUT2D eigenvalue weighted by molar-refractivity contribution is -0.120. The van der Waals surface area contributed by atoms with Gasteiger partial charge in [0, 0.05) is 17.1 Å². The predicted octanol–water partition coefficient (Wildman–Crippen LogP) is 2.53. The quantitative estimate of drug-likeness (QED) is 0.860. The lowest BCUT2D eigenvalue weighted by atomic mass is 10.1. The van der Waals surface area contributed by atoms with E-state index in [1.165, 1.54) is 0 Å². The Kier molecular flexibility index (Phi) is 4.01. The smallest absolute Gasteiger partial charge is 0.225 e. The van der Waals surface area contributed by atoms with Crippen LogP contribution in [0.5, 0.6) is 5.75 Å². The number of nitriles is 1. The van der Waals surface area contributed by atoms with Gasteiger partial charge >= 0.3 is 0 Å². The molecular formula is C17H19N3O2. The number of carbonyl (C=O) groups is 1. The van der Waals surface area contributed by atoms with Gasteiger partial charge in [-0.25, -0.2) is 0 Å². The van der Waals surface area contributed by atoms with E-state index in [0.29, 0.717) is 12.5 Å². The minimum absolute atomic E-state index is 0.120. The fourth-order valence-electron chi connectivity index (χ4n) is 2.72. The Morgan fingerprint density at radius 1 is 1.55 bits per heavy atom. The zero-order valence-corrected chi connectivity index (χ0v) is 12.6.